The lowest BCUT2D eigenvalue weighted by atomic mass is 10.0. The summed E-state index contributed by atoms with van der Waals surface area (Å²) in [7, 11) is 0. The Morgan fingerprint density at radius 3 is 2.53 bits per heavy atom. The highest BCUT2D eigenvalue weighted by Crippen LogP contribution is 2.12. The molecule has 1 aromatic rings. The summed E-state index contributed by atoms with van der Waals surface area (Å²) in [6, 6.07) is 0.278. The second-order valence-electron chi connectivity index (χ2n) is 4.20. The van der Waals surface area contributed by atoms with Crippen LogP contribution in [0.15, 0.2) is 12.4 Å². The zero-order valence-electron chi connectivity index (χ0n) is 9.70. The van der Waals surface area contributed by atoms with Gasteiger partial charge in [-0.1, -0.05) is 13.8 Å². The number of nitrogens with one attached hydrogen (secondary N) is 1. The highest BCUT2D eigenvalue weighted by Gasteiger charge is 2.10. The van der Waals surface area contributed by atoms with Gasteiger partial charge < -0.3 is 11.1 Å². The molecule has 1 atom stereocenters. The lowest BCUT2D eigenvalue weighted by Crippen LogP contribution is -2.31. The van der Waals surface area contributed by atoms with Crippen molar-refractivity contribution in [3.8, 4) is 0 Å². The first-order valence-electron chi connectivity index (χ1n) is 5.37. The third kappa shape index (κ3) is 3.83. The van der Waals surface area contributed by atoms with Crippen molar-refractivity contribution >= 4 is 5.82 Å². The molecule has 0 aliphatic rings. The predicted molar refractivity (Wildman–Crippen MR) is 62.7 cm³/mol. The quantitative estimate of drug-likeness (QED) is 0.771. The van der Waals surface area contributed by atoms with Crippen LogP contribution >= 0.6 is 0 Å². The molecule has 84 valence electrons. The molecule has 0 aliphatic heterocycles. The molecule has 0 fully saturated rings. The summed E-state index contributed by atoms with van der Waals surface area (Å²) in [5.41, 5.74) is 6.62. The van der Waals surface area contributed by atoms with E-state index < -0.39 is 0 Å². The van der Waals surface area contributed by atoms with E-state index in [4.69, 9.17) is 5.73 Å². The number of hydrogen-bond donors (Lipinski definition) is 2. The van der Waals surface area contributed by atoms with Gasteiger partial charge in [-0.3, -0.25) is 4.98 Å². The van der Waals surface area contributed by atoms with E-state index in [9.17, 15) is 0 Å². The van der Waals surface area contributed by atoms with Crippen LogP contribution in [0, 0.1) is 12.8 Å². The predicted octanol–water partition coefficient (Wildman–Crippen LogP) is 1.57. The number of anilines is 1. The lowest BCUT2D eigenvalue weighted by molar-refractivity contribution is 0.520. The van der Waals surface area contributed by atoms with Gasteiger partial charge in [0, 0.05) is 25.0 Å². The number of rotatable bonds is 5. The lowest BCUT2D eigenvalue weighted by Gasteiger charge is -2.19. The molecule has 1 rings (SSSR count). The molecule has 1 heterocycles. The standard InChI is InChI=1S/C11H20N4/c1-8(2)6-10(7-12)15-11-9(3)13-4-5-14-11/h4-5,8,10H,6-7,12H2,1-3H3,(H,14,15). The van der Waals surface area contributed by atoms with Crippen LogP contribution in [0.5, 0.6) is 0 Å². The summed E-state index contributed by atoms with van der Waals surface area (Å²) in [6.45, 7) is 6.94. The highest BCUT2D eigenvalue weighted by atomic mass is 15.0. The minimum absolute atomic E-state index is 0.278. The van der Waals surface area contributed by atoms with Crippen molar-refractivity contribution in [3.05, 3.63) is 18.1 Å². The van der Waals surface area contributed by atoms with E-state index in [0.29, 0.717) is 12.5 Å². The van der Waals surface area contributed by atoms with Gasteiger partial charge in [-0.2, -0.15) is 0 Å². The highest BCUT2D eigenvalue weighted by molar-refractivity contribution is 5.39. The van der Waals surface area contributed by atoms with Gasteiger partial charge >= 0.3 is 0 Å². The van der Waals surface area contributed by atoms with Crippen molar-refractivity contribution < 1.29 is 0 Å². The van der Waals surface area contributed by atoms with Gasteiger partial charge in [-0.25, -0.2) is 4.98 Å². The second-order valence-corrected chi connectivity index (χ2v) is 4.20. The Bertz CT molecular complexity index is 298. The van der Waals surface area contributed by atoms with Gasteiger partial charge in [0.15, 0.2) is 0 Å². The van der Waals surface area contributed by atoms with Crippen LogP contribution in [-0.4, -0.2) is 22.6 Å². The van der Waals surface area contributed by atoms with Crippen LogP contribution in [0.25, 0.3) is 0 Å². The summed E-state index contributed by atoms with van der Waals surface area (Å²) in [6.07, 6.45) is 4.44. The first-order chi connectivity index (χ1) is 7.13. The molecular formula is C11H20N4. The molecule has 0 saturated heterocycles. The first kappa shape index (κ1) is 11.9. The summed E-state index contributed by atoms with van der Waals surface area (Å²) >= 11 is 0. The third-order valence-corrected chi connectivity index (χ3v) is 2.26. The van der Waals surface area contributed by atoms with Crippen LogP contribution in [-0.2, 0) is 0 Å². The van der Waals surface area contributed by atoms with Crippen LogP contribution in [0.4, 0.5) is 5.82 Å². The van der Waals surface area contributed by atoms with Crippen molar-refractivity contribution in [2.45, 2.75) is 33.2 Å². The van der Waals surface area contributed by atoms with Crippen LogP contribution in [0.1, 0.15) is 26.0 Å². The maximum absolute atomic E-state index is 5.71. The smallest absolute Gasteiger partial charge is 0.147 e. The van der Waals surface area contributed by atoms with Crippen molar-refractivity contribution in [2.75, 3.05) is 11.9 Å². The summed E-state index contributed by atoms with van der Waals surface area (Å²) < 4.78 is 0. The molecule has 0 aromatic carbocycles. The number of nitrogens with two attached hydrogens (primary N) is 1. The fourth-order valence-corrected chi connectivity index (χ4v) is 1.53. The van der Waals surface area contributed by atoms with E-state index in [1.165, 1.54) is 0 Å². The Balaban J connectivity index is 2.62. The van der Waals surface area contributed by atoms with Gasteiger partial charge in [0.2, 0.25) is 0 Å². The molecule has 0 saturated carbocycles. The average Bonchev–Trinajstić information content (AvgIpc) is 2.19. The molecule has 0 spiro atoms. The maximum atomic E-state index is 5.71. The number of hydrogen-bond acceptors (Lipinski definition) is 4. The Labute approximate surface area is 91.3 Å². The molecule has 4 nitrogen and oxygen atoms in total. The molecule has 0 bridgehead atoms. The molecule has 15 heavy (non-hydrogen) atoms. The molecular weight excluding hydrogens is 188 g/mol. The zero-order valence-corrected chi connectivity index (χ0v) is 9.70. The SMILES string of the molecule is Cc1nccnc1NC(CN)CC(C)C. The van der Waals surface area contributed by atoms with Gasteiger partial charge in [-0.15, -0.1) is 0 Å². The van der Waals surface area contributed by atoms with E-state index in [1.807, 2.05) is 6.92 Å². The molecule has 0 amide bonds. The third-order valence-electron chi connectivity index (χ3n) is 2.26. The van der Waals surface area contributed by atoms with Crippen LogP contribution in [0.3, 0.4) is 0 Å². The summed E-state index contributed by atoms with van der Waals surface area (Å²) in [4.78, 5) is 8.42. The second kappa shape index (κ2) is 5.66. The van der Waals surface area contributed by atoms with Crippen molar-refractivity contribution in [1.82, 2.24) is 9.97 Å². The Hall–Kier alpha value is -1.16. The fourth-order valence-electron chi connectivity index (χ4n) is 1.53. The molecule has 4 heteroatoms. The molecule has 0 aliphatic carbocycles. The average molecular weight is 208 g/mol. The Morgan fingerprint density at radius 2 is 2.00 bits per heavy atom. The first-order valence-corrected chi connectivity index (χ1v) is 5.37. The van der Waals surface area contributed by atoms with Gasteiger partial charge in [-0.05, 0) is 19.3 Å². The summed E-state index contributed by atoms with van der Waals surface area (Å²) in [5.74, 6) is 1.47. The normalized spacial score (nSPS) is 12.9. The monoisotopic (exact) mass is 208 g/mol. The van der Waals surface area contributed by atoms with E-state index in [0.717, 1.165) is 17.9 Å². The van der Waals surface area contributed by atoms with E-state index in [2.05, 4.69) is 29.1 Å². The number of nitrogens with zero attached hydrogens (tertiary/aromatic N) is 2. The minimum Gasteiger partial charge on any atom is -0.365 e. The van der Waals surface area contributed by atoms with E-state index in [1.54, 1.807) is 12.4 Å². The van der Waals surface area contributed by atoms with E-state index in [-0.39, 0.29) is 6.04 Å². The van der Waals surface area contributed by atoms with Crippen molar-refractivity contribution in [1.29, 1.82) is 0 Å². The summed E-state index contributed by atoms with van der Waals surface area (Å²) in [5, 5.41) is 3.33. The van der Waals surface area contributed by atoms with E-state index >= 15 is 0 Å². The Kier molecular flexibility index (Phi) is 4.49. The van der Waals surface area contributed by atoms with Gasteiger partial charge in [0.05, 0.1) is 5.69 Å². The van der Waals surface area contributed by atoms with Gasteiger partial charge in [0.1, 0.15) is 5.82 Å². The molecule has 3 N–H and O–H groups in total. The Morgan fingerprint density at radius 1 is 1.33 bits per heavy atom. The van der Waals surface area contributed by atoms with Gasteiger partial charge in [0.25, 0.3) is 0 Å². The molecule has 1 aromatic heterocycles. The number of aromatic nitrogens is 2. The zero-order chi connectivity index (χ0) is 11.3. The largest absolute Gasteiger partial charge is 0.365 e. The van der Waals surface area contributed by atoms with Crippen molar-refractivity contribution in [3.63, 3.8) is 0 Å². The van der Waals surface area contributed by atoms with Crippen molar-refractivity contribution in [2.24, 2.45) is 11.7 Å². The molecule has 0 radical (unpaired) electrons. The minimum atomic E-state index is 0.278. The molecule has 1 unspecified atom stereocenters. The fraction of sp³-hybridized carbons (Fsp3) is 0.636. The topological polar surface area (TPSA) is 63.8 Å². The van der Waals surface area contributed by atoms with Crippen LogP contribution < -0.4 is 11.1 Å². The maximum Gasteiger partial charge on any atom is 0.147 e. The van der Waals surface area contributed by atoms with Crippen LogP contribution in [0.2, 0.25) is 0 Å². The number of aryl methyl sites for hydroxylation is 1.